The largest absolute Gasteiger partial charge is 0.376 e. The molecule has 0 saturated carbocycles. The molecule has 2 unspecified atom stereocenters. The van der Waals surface area contributed by atoms with Gasteiger partial charge in [-0.2, -0.15) is 0 Å². The van der Waals surface area contributed by atoms with Crippen LogP contribution in [0.15, 0.2) is 52.8 Å². The van der Waals surface area contributed by atoms with Crippen LogP contribution in [-0.2, 0) is 17.9 Å². The highest BCUT2D eigenvalue weighted by molar-refractivity contribution is 14.0. The second-order valence-corrected chi connectivity index (χ2v) is 9.88. The fourth-order valence-electron chi connectivity index (χ4n) is 4.73. The highest BCUT2D eigenvalue weighted by Gasteiger charge is 2.26. The molecule has 0 amide bonds. The Morgan fingerprint density at radius 3 is 2.75 bits per heavy atom. The first-order chi connectivity index (χ1) is 15.3. The molecular formula is C25H37IN4OS. The van der Waals surface area contributed by atoms with Crippen molar-refractivity contribution in [1.82, 2.24) is 15.1 Å². The van der Waals surface area contributed by atoms with Crippen molar-refractivity contribution in [3.8, 4) is 0 Å². The Labute approximate surface area is 214 Å². The Hall–Kier alpha value is -1.16. The molecule has 2 saturated heterocycles. The molecule has 0 bridgehead atoms. The molecule has 1 aromatic heterocycles. The van der Waals surface area contributed by atoms with Gasteiger partial charge in [-0.25, -0.2) is 0 Å². The normalized spacial score (nSPS) is 22.0. The van der Waals surface area contributed by atoms with Crippen LogP contribution in [0.4, 0.5) is 0 Å². The fraction of sp³-hybridized carbons (Fsp3) is 0.560. The molecule has 7 heteroatoms. The van der Waals surface area contributed by atoms with Gasteiger partial charge in [0.25, 0.3) is 0 Å². The lowest BCUT2D eigenvalue weighted by Crippen LogP contribution is -2.45. The summed E-state index contributed by atoms with van der Waals surface area (Å²) in [4.78, 5) is 11.1. The first-order valence-corrected chi connectivity index (χ1v) is 12.5. The van der Waals surface area contributed by atoms with Gasteiger partial charge >= 0.3 is 0 Å². The number of rotatable bonds is 8. The van der Waals surface area contributed by atoms with Crippen LogP contribution in [-0.4, -0.2) is 62.1 Å². The van der Waals surface area contributed by atoms with Crippen molar-refractivity contribution in [2.24, 2.45) is 16.8 Å². The minimum Gasteiger partial charge on any atom is -0.376 e. The number of halogens is 1. The molecule has 1 N–H and O–H groups in total. The van der Waals surface area contributed by atoms with Crippen LogP contribution in [0.2, 0.25) is 0 Å². The zero-order chi connectivity index (χ0) is 21.3. The second-order valence-electron chi connectivity index (χ2n) is 8.85. The van der Waals surface area contributed by atoms with E-state index < -0.39 is 0 Å². The van der Waals surface area contributed by atoms with E-state index in [9.17, 15) is 0 Å². The number of benzene rings is 1. The third-order valence-electron chi connectivity index (χ3n) is 6.37. The number of nitrogens with one attached hydrogen (secondary N) is 1. The van der Waals surface area contributed by atoms with Crippen LogP contribution in [0.25, 0.3) is 0 Å². The second kappa shape index (κ2) is 13.5. The minimum atomic E-state index is 0. The van der Waals surface area contributed by atoms with E-state index in [1.54, 1.807) is 0 Å². The quantitative estimate of drug-likeness (QED) is 0.285. The zero-order valence-corrected chi connectivity index (χ0v) is 22.3. The first-order valence-electron chi connectivity index (χ1n) is 11.6. The van der Waals surface area contributed by atoms with Crippen molar-refractivity contribution in [3.05, 3.63) is 58.3 Å². The van der Waals surface area contributed by atoms with Crippen LogP contribution < -0.4 is 5.32 Å². The maximum Gasteiger partial charge on any atom is 0.193 e. The summed E-state index contributed by atoms with van der Waals surface area (Å²) in [5.74, 6) is 2.33. The molecule has 2 fully saturated rings. The minimum absolute atomic E-state index is 0. The molecule has 176 valence electrons. The van der Waals surface area contributed by atoms with Crippen molar-refractivity contribution in [1.29, 1.82) is 0 Å². The van der Waals surface area contributed by atoms with Crippen molar-refractivity contribution < 1.29 is 4.74 Å². The van der Waals surface area contributed by atoms with Crippen molar-refractivity contribution in [2.45, 2.75) is 32.4 Å². The van der Waals surface area contributed by atoms with Crippen molar-refractivity contribution in [3.63, 3.8) is 0 Å². The number of piperidine rings is 1. The van der Waals surface area contributed by atoms with Gasteiger partial charge < -0.3 is 15.0 Å². The molecule has 0 aliphatic carbocycles. The van der Waals surface area contributed by atoms with Gasteiger partial charge in [-0.15, -0.1) is 35.3 Å². The number of ether oxygens (including phenoxy) is 1. The Bertz CT molecular complexity index is 802. The smallest absolute Gasteiger partial charge is 0.193 e. The summed E-state index contributed by atoms with van der Waals surface area (Å²) in [7, 11) is 1.91. The molecule has 0 radical (unpaired) electrons. The number of likely N-dealkylation sites (tertiary alicyclic amines) is 2. The number of hydrogen-bond acceptors (Lipinski definition) is 4. The Morgan fingerprint density at radius 2 is 1.97 bits per heavy atom. The maximum absolute atomic E-state index is 5.98. The van der Waals surface area contributed by atoms with Gasteiger partial charge in [-0.05, 0) is 48.7 Å². The van der Waals surface area contributed by atoms with E-state index in [2.05, 4.69) is 61.9 Å². The van der Waals surface area contributed by atoms with Crippen LogP contribution in [0.5, 0.6) is 0 Å². The molecule has 2 aromatic rings. The molecule has 0 spiro atoms. The van der Waals surface area contributed by atoms with Crippen LogP contribution in [0.1, 0.15) is 29.7 Å². The highest BCUT2D eigenvalue weighted by atomic mass is 127. The topological polar surface area (TPSA) is 40.1 Å². The highest BCUT2D eigenvalue weighted by Crippen LogP contribution is 2.21. The average molecular weight is 569 g/mol. The van der Waals surface area contributed by atoms with Crippen LogP contribution in [0.3, 0.4) is 0 Å². The van der Waals surface area contributed by atoms with E-state index in [4.69, 9.17) is 4.74 Å². The van der Waals surface area contributed by atoms with Gasteiger partial charge in [0.05, 0.1) is 13.2 Å². The maximum atomic E-state index is 5.98. The van der Waals surface area contributed by atoms with Crippen LogP contribution >= 0.6 is 35.3 Å². The fourth-order valence-corrected chi connectivity index (χ4v) is 5.48. The van der Waals surface area contributed by atoms with E-state index in [-0.39, 0.29) is 24.0 Å². The lowest BCUT2D eigenvalue weighted by atomic mass is 9.98. The van der Waals surface area contributed by atoms with Crippen LogP contribution in [0, 0.1) is 11.8 Å². The summed E-state index contributed by atoms with van der Waals surface area (Å²) < 4.78 is 5.98. The van der Waals surface area contributed by atoms with Crippen molar-refractivity contribution >= 4 is 41.3 Å². The zero-order valence-electron chi connectivity index (χ0n) is 19.1. The summed E-state index contributed by atoms with van der Waals surface area (Å²) in [6.07, 6.45) is 3.77. The number of nitrogens with zero attached hydrogens (tertiary/aromatic N) is 3. The van der Waals surface area contributed by atoms with E-state index in [1.165, 1.54) is 42.8 Å². The Kier molecular flexibility index (Phi) is 10.8. The SMILES string of the molecule is CN=C(NCC1CCCN(Cc2cccs2)C1)N1CCC(COCc2ccccc2)C1.I. The van der Waals surface area contributed by atoms with Gasteiger partial charge in [-0.1, -0.05) is 36.4 Å². The molecule has 3 heterocycles. The average Bonchev–Trinajstić information content (AvgIpc) is 3.48. The molecule has 5 nitrogen and oxygen atoms in total. The van der Waals surface area contributed by atoms with Gasteiger partial charge in [0.1, 0.15) is 0 Å². The molecule has 4 rings (SSSR count). The van der Waals surface area contributed by atoms with E-state index in [0.717, 1.165) is 38.7 Å². The summed E-state index contributed by atoms with van der Waals surface area (Å²) in [6.45, 7) is 8.13. The Balaban J connectivity index is 0.00000289. The number of hydrogen-bond donors (Lipinski definition) is 1. The molecule has 2 atom stereocenters. The van der Waals surface area contributed by atoms with E-state index in [1.807, 2.05) is 24.5 Å². The predicted molar refractivity (Wildman–Crippen MR) is 145 cm³/mol. The summed E-state index contributed by atoms with van der Waals surface area (Å²) in [6, 6.07) is 14.8. The van der Waals surface area contributed by atoms with E-state index in [0.29, 0.717) is 18.4 Å². The molecule has 2 aliphatic heterocycles. The number of aliphatic imine (C=N–C) groups is 1. The lowest BCUT2D eigenvalue weighted by Gasteiger charge is -2.33. The summed E-state index contributed by atoms with van der Waals surface area (Å²) in [5.41, 5.74) is 1.25. The molecular weight excluding hydrogens is 531 g/mol. The number of thiophene rings is 1. The molecule has 2 aliphatic rings. The third-order valence-corrected chi connectivity index (χ3v) is 7.23. The third kappa shape index (κ3) is 7.71. The van der Waals surface area contributed by atoms with E-state index >= 15 is 0 Å². The van der Waals surface area contributed by atoms with Gasteiger partial charge in [0, 0.05) is 50.6 Å². The van der Waals surface area contributed by atoms with Gasteiger partial charge in [0.15, 0.2) is 5.96 Å². The molecule has 32 heavy (non-hydrogen) atoms. The monoisotopic (exact) mass is 568 g/mol. The summed E-state index contributed by atoms with van der Waals surface area (Å²) in [5, 5.41) is 5.85. The lowest BCUT2D eigenvalue weighted by molar-refractivity contribution is 0.0906. The van der Waals surface area contributed by atoms with Gasteiger partial charge in [-0.3, -0.25) is 9.89 Å². The standard InChI is InChI=1S/C25H36N4OS.HI/c1-26-25(27-15-22-9-5-12-28(16-22)18-24-10-6-14-31-24)29-13-11-23(17-29)20-30-19-21-7-3-2-4-8-21;/h2-4,6-8,10,14,22-23H,5,9,11-13,15-20H2,1H3,(H,26,27);1H. The summed E-state index contributed by atoms with van der Waals surface area (Å²) >= 11 is 1.87. The van der Waals surface area contributed by atoms with Crippen molar-refractivity contribution in [2.75, 3.05) is 46.4 Å². The predicted octanol–water partition coefficient (Wildman–Crippen LogP) is 4.69. The Morgan fingerprint density at radius 1 is 1.09 bits per heavy atom. The molecule has 1 aromatic carbocycles. The number of guanidine groups is 1. The van der Waals surface area contributed by atoms with Gasteiger partial charge in [0.2, 0.25) is 0 Å². The first kappa shape index (κ1) is 25.5.